The van der Waals surface area contributed by atoms with Gasteiger partial charge in [0.05, 0.1) is 28.7 Å². The molecular weight excluding hydrogens is 451 g/mol. The van der Waals surface area contributed by atoms with Crippen molar-refractivity contribution in [3.05, 3.63) is 46.8 Å². The van der Waals surface area contributed by atoms with Gasteiger partial charge in [-0.25, -0.2) is 4.98 Å². The Balaban J connectivity index is 1.57. The van der Waals surface area contributed by atoms with Crippen LogP contribution in [0, 0.1) is 25.7 Å². The van der Waals surface area contributed by atoms with Crippen LogP contribution in [-0.2, 0) is 11.8 Å². The minimum absolute atomic E-state index is 0.146. The van der Waals surface area contributed by atoms with Gasteiger partial charge in [-0.3, -0.25) is 14.4 Å². The lowest BCUT2D eigenvalue weighted by molar-refractivity contribution is -0.124. The number of rotatable bonds is 6. The quantitative estimate of drug-likeness (QED) is 0.329. The third-order valence-electron chi connectivity index (χ3n) is 7.88. The van der Waals surface area contributed by atoms with E-state index >= 15 is 0 Å². The Hall–Kier alpha value is -3.07. The highest BCUT2D eigenvalue weighted by atomic mass is 19.1. The van der Waals surface area contributed by atoms with Crippen LogP contribution in [0.5, 0.6) is 0 Å². The Kier molecular flexibility index (Phi) is 6.57. The van der Waals surface area contributed by atoms with Crippen LogP contribution >= 0.6 is 0 Å². The van der Waals surface area contributed by atoms with E-state index in [4.69, 9.17) is 0 Å². The molecule has 3 N–H and O–H groups in total. The van der Waals surface area contributed by atoms with Gasteiger partial charge in [-0.15, -0.1) is 0 Å². The van der Waals surface area contributed by atoms with Crippen LogP contribution in [0.25, 0.3) is 0 Å². The van der Waals surface area contributed by atoms with Gasteiger partial charge in [-0.05, 0) is 69.6 Å². The molecule has 188 valence electrons. The molecule has 0 aliphatic heterocycles. The third-order valence-corrected chi connectivity index (χ3v) is 7.88. The number of Topliss-reactive ketones (excluding diaryl/α,β-unsaturated/α-hetero) is 1. The monoisotopic (exact) mass is 484 g/mol. The van der Waals surface area contributed by atoms with E-state index in [1.54, 1.807) is 25.5 Å². The summed E-state index contributed by atoms with van der Waals surface area (Å²) in [6, 6.07) is 2.53. The predicted octanol–water partition coefficient (Wildman–Crippen LogP) is 3.59. The van der Waals surface area contributed by atoms with Crippen LogP contribution in [0.2, 0.25) is 0 Å². The van der Waals surface area contributed by atoms with E-state index in [0.717, 1.165) is 38.2 Å². The maximum absolute atomic E-state index is 13.4. The SMILES string of the molecule is CCC1(O)CC2CCCC(NC(=O)C(=O)c3c(C)c(C(=O)Nc4ccc(F)nc4)c(C)n3C)(C2)C1. The number of nitrogens with zero attached hydrogens (tertiary/aromatic N) is 2. The summed E-state index contributed by atoms with van der Waals surface area (Å²) in [7, 11) is 1.64. The second-order valence-corrected chi connectivity index (χ2v) is 10.3. The molecule has 0 aromatic carbocycles. The summed E-state index contributed by atoms with van der Waals surface area (Å²) in [5.74, 6) is -2.24. The smallest absolute Gasteiger partial charge is 0.294 e. The molecular formula is C26H33FN4O4. The topological polar surface area (TPSA) is 113 Å². The lowest BCUT2D eigenvalue weighted by atomic mass is 9.61. The second kappa shape index (κ2) is 9.18. The predicted molar refractivity (Wildman–Crippen MR) is 129 cm³/mol. The number of pyridine rings is 1. The highest BCUT2D eigenvalue weighted by Crippen LogP contribution is 2.48. The minimum Gasteiger partial charge on any atom is -0.390 e. The zero-order chi connectivity index (χ0) is 25.5. The van der Waals surface area contributed by atoms with E-state index in [2.05, 4.69) is 15.6 Å². The average Bonchev–Trinajstić information content (AvgIpc) is 3.02. The molecule has 2 aliphatic rings. The number of halogens is 1. The van der Waals surface area contributed by atoms with Crippen molar-refractivity contribution in [3.8, 4) is 0 Å². The molecule has 2 aliphatic carbocycles. The molecule has 0 radical (unpaired) electrons. The Morgan fingerprint density at radius 3 is 2.66 bits per heavy atom. The fourth-order valence-electron chi connectivity index (χ4n) is 6.17. The first kappa shape index (κ1) is 25.0. The molecule has 2 saturated carbocycles. The van der Waals surface area contributed by atoms with E-state index in [0.29, 0.717) is 35.7 Å². The maximum Gasteiger partial charge on any atom is 0.294 e. The number of hydrogen-bond donors (Lipinski definition) is 3. The van der Waals surface area contributed by atoms with Crippen molar-refractivity contribution in [2.75, 3.05) is 5.32 Å². The molecule has 2 aromatic rings. The van der Waals surface area contributed by atoms with Crippen LogP contribution in [0.1, 0.15) is 84.0 Å². The maximum atomic E-state index is 13.4. The Labute approximate surface area is 204 Å². The van der Waals surface area contributed by atoms with Gasteiger partial charge in [0.15, 0.2) is 0 Å². The van der Waals surface area contributed by atoms with E-state index < -0.39 is 34.7 Å². The standard InChI is InChI=1S/C26H33FN4O4/c1-5-26(35)12-17-7-6-10-25(11-17,14-26)30-24(34)22(32)21-15(2)20(16(3)31(21)4)23(33)29-18-8-9-19(27)28-13-18/h8-9,13,17,35H,5-7,10-12,14H2,1-4H3,(H,29,33)(H,30,34). The van der Waals surface area contributed by atoms with Gasteiger partial charge < -0.3 is 20.3 Å². The summed E-state index contributed by atoms with van der Waals surface area (Å²) < 4.78 is 14.6. The first-order valence-electron chi connectivity index (χ1n) is 12.2. The number of fused-ring (bicyclic) bond motifs is 2. The largest absolute Gasteiger partial charge is 0.390 e. The highest BCUT2D eigenvalue weighted by molar-refractivity contribution is 6.43. The fourth-order valence-corrected chi connectivity index (χ4v) is 6.17. The summed E-state index contributed by atoms with van der Waals surface area (Å²) in [5.41, 5.74) is 0.233. The molecule has 2 fully saturated rings. The lowest BCUT2D eigenvalue weighted by Gasteiger charge is -2.52. The zero-order valence-corrected chi connectivity index (χ0v) is 20.7. The number of hydrogen-bond acceptors (Lipinski definition) is 5. The van der Waals surface area contributed by atoms with Crippen molar-refractivity contribution in [3.63, 3.8) is 0 Å². The Morgan fingerprint density at radius 1 is 1.26 bits per heavy atom. The lowest BCUT2D eigenvalue weighted by Crippen LogP contribution is -2.60. The van der Waals surface area contributed by atoms with Crippen molar-refractivity contribution in [1.82, 2.24) is 14.9 Å². The van der Waals surface area contributed by atoms with Gasteiger partial charge >= 0.3 is 0 Å². The molecule has 2 heterocycles. The van der Waals surface area contributed by atoms with Crippen molar-refractivity contribution >= 4 is 23.3 Å². The first-order valence-corrected chi connectivity index (χ1v) is 12.2. The van der Waals surface area contributed by atoms with Crippen LogP contribution in [-0.4, -0.2) is 43.4 Å². The summed E-state index contributed by atoms with van der Waals surface area (Å²) in [6.45, 7) is 5.29. The summed E-state index contributed by atoms with van der Waals surface area (Å²) >= 11 is 0. The molecule has 3 unspecified atom stereocenters. The van der Waals surface area contributed by atoms with Crippen LogP contribution in [0.4, 0.5) is 10.1 Å². The van der Waals surface area contributed by atoms with E-state index in [-0.39, 0.29) is 11.3 Å². The molecule has 35 heavy (non-hydrogen) atoms. The number of aromatic nitrogens is 2. The van der Waals surface area contributed by atoms with Gasteiger partial charge in [0.25, 0.3) is 17.6 Å². The molecule has 8 nitrogen and oxygen atoms in total. The second-order valence-electron chi connectivity index (χ2n) is 10.3. The number of nitrogens with one attached hydrogen (secondary N) is 2. The zero-order valence-electron chi connectivity index (χ0n) is 20.7. The molecule has 3 atom stereocenters. The van der Waals surface area contributed by atoms with Crippen molar-refractivity contribution in [2.24, 2.45) is 13.0 Å². The van der Waals surface area contributed by atoms with Gasteiger partial charge in [0.2, 0.25) is 5.95 Å². The number of aliphatic hydroxyl groups is 1. The first-order chi connectivity index (χ1) is 16.5. The summed E-state index contributed by atoms with van der Waals surface area (Å²) in [5, 5.41) is 16.7. The van der Waals surface area contributed by atoms with Gasteiger partial charge in [0, 0.05) is 18.3 Å². The van der Waals surface area contributed by atoms with Crippen LogP contribution < -0.4 is 10.6 Å². The van der Waals surface area contributed by atoms with E-state index in [1.807, 2.05) is 6.92 Å². The Morgan fingerprint density at radius 2 is 2.00 bits per heavy atom. The molecule has 2 bridgehead atoms. The van der Waals surface area contributed by atoms with Gasteiger partial charge in [-0.1, -0.05) is 19.8 Å². The summed E-state index contributed by atoms with van der Waals surface area (Å²) in [4.78, 5) is 43.1. The van der Waals surface area contributed by atoms with Crippen molar-refractivity contribution in [1.29, 1.82) is 0 Å². The third kappa shape index (κ3) is 4.74. The molecule has 9 heteroatoms. The van der Waals surface area contributed by atoms with Crippen LogP contribution in [0.3, 0.4) is 0 Å². The number of amides is 2. The molecule has 2 amide bonds. The van der Waals surface area contributed by atoms with Crippen LogP contribution in [0.15, 0.2) is 18.3 Å². The minimum atomic E-state index is -0.836. The molecule has 4 rings (SSSR count). The highest BCUT2D eigenvalue weighted by Gasteiger charge is 2.50. The number of anilines is 1. The normalized spacial score (nSPS) is 25.7. The van der Waals surface area contributed by atoms with Crippen molar-refractivity contribution < 1.29 is 23.9 Å². The fraction of sp³-hybridized carbons (Fsp3) is 0.538. The van der Waals surface area contributed by atoms with Gasteiger partial charge in [0.1, 0.15) is 0 Å². The molecule has 0 saturated heterocycles. The number of carbonyl (C=O) groups excluding carboxylic acids is 3. The van der Waals surface area contributed by atoms with E-state index in [9.17, 15) is 23.9 Å². The van der Waals surface area contributed by atoms with Crippen molar-refractivity contribution in [2.45, 2.75) is 76.9 Å². The van der Waals surface area contributed by atoms with E-state index in [1.165, 1.54) is 12.3 Å². The number of carbonyl (C=O) groups is 3. The number of ketones is 1. The average molecular weight is 485 g/mol. The molecule has 2 aromatic heterocycles. The summed E-state index contributed by atoms with van der Waals surface area (Å²) in [6.07, 6.45) is 6.44. The van der Waals surface area contributed by atoms with Gasteiger partial charge in [-0.2, -0.15) is 4.39 Å². The Bertz CT molecular complexity index is 1180. The molecule has 0 spiro atoms.